The first-order valence-electron chi connectivity index (χ1n) is 4.79. The van der Waals surface area contributed by atoms with Gasteiger partial charge in [-0.15, -0.1) is 0 Å². The molecule has 0 heterocycles. The van der Waals surface area contributed by atoms with E-state index in [2.05, 4.69) is 37.4 Å². The summed E-state index contributed by atoms with van der Waals surface area (Å²) in [5.74, 6) is 0. The Labute approximate surface area is 77.6 Å². The summed E-state index contributed by atoms with van der Waals surface area (Å²) in [7, 11) is 1.96. The Morgan fingerprint density at radius 2 is 1.83 bits per heavy atom. The molecule has 0 aromatic carbocycles. The highest BCUT2D eigenvalue weighted by Crippen LogP contribution is 2.00. The van der Waals surface area contributed by atoms with Crippen molar-refractivity contribution in [3.8, 4) is 0 Å². The lowest BCUT2D eigenvalue weighted by Gasteiger charge is -2.02. The highest BCUT2D eigenvalue weighted by molar-refractivity contribution is 4.98. The lowest BCUT2D eigenvalue weighted by molar-refractivity contribution is 0.848. The molecule has 0 fully saturated rings. The van der Waals surface area contributed by atoms with Gasteiger partial charge in [0.05, 0.1) is 0 Å². The van der Waals surface area contributed by atoms with Crippen LogP contribution in [0.3, 0.4) is 0 Å². The predicted molar refractivity (Wildman–Crippen MR) is 58.2 cm³/mol. The molecule has 0 saturated carbocycles. The molecule has 12 heavy (non-hydrogen) atoms. The van der Waals surface area contributed by atoms with Gasteiger partial charge in [0.25, 0.3) is 0 Å². The zero-order valence-corrected chi connectivity index (χ0v) is 9.15. The maximum absolute atomic E-state index is 3.14. The fraction of sp³-hybridized carbons (Fsp3) is 0.636. The van der Waals surface area contributed by atoms with E-state index in [1.165, 1.54) is 5.70 Å². The molecule has 0 unspecified atom stereocenters. The van der Waals surface area contributed by atoms with Gasteiger partial charge in [-0.3, -0.25) is 0 Å². The van der Waals surface area contributed by atoms with Crippen LogP contribution in [0.1, 0.15) is 40.5 Å². The van der Waals surface area contributed by atoms with Crippen LogP contribution in [0.5, 0.6) is 0 Å². The lowest BCUT2D eigenvalue weighted by atomic mass is 10.2. The van der Waals surface area contributed by atoms with Crippen LogP contribution in [0.4, 0.5) is 0 Å². The minimum Gasteiger partial charge on any atom is -0.392 e. The summed E-state index contributed by atoms with van der Waals surface area (Å²) in [5, 5.41) is 3.14. The van der Waals surface area contributed by atoms with Crippen LogP contribution in [0.15, 0.2) is 23.9 Å². The van der Waals surface area contributed by atoms with E-state index in [1.807, 2.05) is 20.9 Å². The maximum atomic E-state index is 3.14. The summed E-state index contributed by atoms with van der Waals surface area (Å²) in [4.78, 5) is 0. The Morgan fingerprint density at radius 1 is 1.25 bits per heavy atom. The minimum atomic E-state index is 1.12. The monoisotopic (exact) mass is 169 g/mol. The molecule has 0 aromatic rings. The third kappa shape index (κ3) is 9.28. The zero-order chi connectivity index (χ0) is 9.82. The van der Waals surface area contributed by atoms with Crippen molar-refractivity contribution in [3.63, 3.8) is 0 Å². The van der Waals surface area contributed by atoms with Crippen LogP contribution in [0.2, 0.25) is 0 Å². The minimum absolute atomic E-state index is 1.12. The zero-order valence-electron chi connectivity index (χ0n) is 9.15. The molecule has 0 aliphatic heterocycles. The first-order valence-corrected chi connectivity index (χ1v) is 4.79. The number of hydrogen-bond acceptors (Lipinski definition) is 1. The second-order valence-electron chi connectivity index (χ2n) is 2.17. The standard InChI is InChI=1S/C9H17N.C2H6/c1-4-6-7-8-9(5-2)10-3;1-2/h4-6,10H,7-8H2,1-3H3;1-2H3/b6-4-,9-5+;. The van der Waals surface area contributed by atoms with E-state index in [9.17, 15) is 0 Å². The summed E-state index contributed by atoms with van der Waals surface area (Å²) >= 11 is 0. The van der Waals surface area contributed by atoms with Crippen LogP contribution >= 0.6 is 0 Å². The molecule has 0 bridgehead atoms. The normalized spacial score (nSPS) is 10.9. The van der Waals surface area contributed by atoms with Crippen molar-refractivity contribution in [2.45, 2.75) is 40.5 Å². The highest BCUT2D eigenvalue weighted by Gasteiger charge is 1.87. The number of nitrogens with one attached hydrogen (secondary N) is 1. The fourth-order valence-electron chi connectivity index (χ4n) is 0.819. The van der Waals surface area contributed by atoms with Gasteiger partial charge >= 0.3 is 0 Å². The van der Waals surface area contributed by atoms with Gasteiger partial charge in [-0.2, -0.15) is 0 Å². The molecular formula is C11H23N. The largest absolute Gasteiger partial charge is 0.392 e. The third-order valence-corrected chi connectivity index (χ3v) is 1.49. The van der Waals surface area contributed by atoms with Crippen LogP contribution in [-0.4, -0.2) is 7.05 Å². The molecule has 1 N–H and O–H groups in total. The Bertz CT molecular complexity index is 123. The van der Waals surface area contributed by atoms with Crippen LogP contribution in [-0.2, 0) is 0 Å². The first kappa shape index (κ1) is 13.8. The maximum Gasteiger partial charge on any atom is 0.00638 e. The van der Waals surface area contributed by atoms with E-state index in [0.717, 1.165) is 12.8 Å². The van der Waals surface area contributed by atoms with Crippen molar-refractivity contribution in [3.05, 3.63) is 23.9 Å². The van der Waals surface area contributed by atoms with Gasteiger partial charge in [0.1, 0.15) is 0 Å². The number of allylic oxidation sites excluding steroid dienone is 4. The first-order chi connectivity index (χ1) is 5.85. The van der Waals surface area contributed by atoms with Crippen molar-refractivity contribution >= 4 is 0 Å². The van der Waals surface area contributed by atoms with Crippen molar-refractivity contribution < 1.29 is 0 Å². The SMILES string of the molecule is C/C=C\CC/C(=C\C)NC.CC. The molecule has 0 aliphatic carbocycles. The Hall–Kier alpha value is -0.720. The van der Waals surface area contributed by atoms with Crippen LogP contribution < -0.4 is 5.32 Å². The van der Waals surface area contributed by atoms with Crippen molar-refractivity contribution in [1.82, 2.24) is 5.32 Å². The van der Waals surface area contributed by atoms with Gasteiger partial charge < -0.3 is 5.32 Å². The van der Waals surface area contributed by atoms with E-state index in [-0.39, 0.29) is 0 Å². The van der Waals surface area contributed by atoms with E-state index in [0.29, 0.717) is 0 Å². The van der Waals surface area contributed by atoms with Crippen molar-refractivity contribution in [2.24, 2.45) is 0 Å². The summed E-state index contributed by atoms with van der Waals surface area (Å²) in [6.07, 6.45) is 8.64. The molecule has 0 rings (SSSR count). The van der Waals surface area contributed by atoms with E-state index < -0.39 is 0 Å². The molecule has 72 valence electrons. The Balaban J connectivity index is 0. The third-order valence-electron chi connectivity index (χ3n) is 1.49. The second-order valence-corrected chi connectivity index (χ2v) is 2.17. The molecule has 0 atom stereocenters. The summed E-state index contributed by atoms with van der Waals surface area (Å²) in [6.45, 7) is 8.11. The van der Waals surface area contributed by atoms with Gasteiger partial charge in [0.2, 0.25) is 0 Å². The molecule has 0 saturated heterocycles. The molecule has 0 aromatic heterocycles. The Morgan fingerprint density at radius 3 is 2.17 bits per heavy atom. The van der Waals surface area contributed by atoms with Crippen molar-refractivity contribution in [2.75, 3.05) is 7.05 Å². The van der Waals surface area contributed by atoms with Gasteiger partial charge in [0, 0.05) is 12.7 Å². The van der Waals surface area contributed by atoms with E-state index in [1.54, 1.807) is 0 Å². The lowest BCUT2D eigenvalue weighted by Crippen LogP contribution is -2.04. The molecule has 1 nitrogen and oxygen atoms in total. The molecule has 0 aliphatic rings. The van der Waals surface area contributed by atoms with Crippen LogP contribution in [0.25, 0.3) is 0 Å². The van der Waals surface area contributed by atoms with Gasteiger partial charge in [0.15, 0.2) is 0 Å². The van der Waals surface area contributed by atoms with Crippen LogP contribution in [0, 0.1) is 0 Å². The smallest absolute Gasteiger partial charge is 0.00638 e. The average Bonchev–Trinajstić information content (AvgIpc) is 2.16. The Kier molecular flexibility index (Phi) is 14.9. The van der Waals surface area contributed by atoms with E-state index >= 15 is 0 Å². The predicted octanol–water partition coefficient (Wildman–Crippen LogP) is 3.49. The summed E-state index contributed by atoms with van der Waals surface area (Å²) in [6, 6.07) is 0. The quantitative estimate of drug-likeness (QED) is 0.635. The van der Waals surface area contributed by atoms with Gasteiger partial charge in [-0.1, -0.05) is 32.1 Å². The van der Waals surface area contributed by atoms with Crippen molar-refractivity contribution in [1.29, 1.82) is 0 Å². The summed E-state index contributed by atoms with van der Waals surface area (Å²) in [5.41, 5.74) is 1.32. The molecular weight excluding hydrogens is 146 g/mol. The van der Waals surface area contributed by atoms with Gasteiger partial charge in [-0.25, -0.2) is 0 Å². The average molecular weight is 169 g/mol. The number of rotatable bonds is 4. The highest BCUT2D eigenvalue weighted by atomic mass is 14.8. The molecule has 1 heteroatoms. The second kappa shape index (κ2) is 12.9. The topological polar surface area (TPSA) is 12.0 Å². The van der Waals surface area contributed by atoms with E-state index in [4.69, 9.17) is 0 Å². The molecule has 0 spiro atoms. The van der Waals surface area contributed by atoms with Gasteiger partial charge in [-0.05, 0) is 26.7 Å². The molecule has 0 radical (unpaired) electrons. The molecule has 0 amide bonds. The summed E-state index contributed by atoms with van der Waals surface area (Å²) < 4.78 is 0. The number of hydrogen-bond donors (Lipinski definition) is 1. The fourth-order valence-corrected chi connectivity index (χ4v) is 0.819.